The average molecular weight is 363 g/mol. The van der Waals surface area contributed by atoms with Crippen LogP contribution in [0.4, 0.5) is 4.39 Å². The summed E-state index contributed by atoms with van der Waals surface area (Å²) in [4.78, 5) is 27.1. The van der Waals surface area contributed by atoms with E-state index in [2.05, 4.69) is 0 Å². The molecule has 0 radical (unpaired) electrons. The molecule has 2 atom stereocenters. The summed E-state index contributed by atoms with van der Waals surface area (Å²) in [7, 11) is 0. The number of halogens is 1. The number of aryl methyl sites for hydroxylation is 1. The monoisotopic (exact) mass is 363 g/mol. The van der Waals surface area contributed by atoms with Crippen LogP contribution in [-0.4, -0.2) is 34.5 Å². The predicted octanol–water partition coefficient (Wildman–Crippen LogP) is 2.01. The second kappa shape index (κ2) is 7.09. The number of benzene rings is 1. The van der Waals surface area contributed by atoms with Gasteiger partial charge in [-0.2, -0.15) is 0 Å². The minimum absolute atomic E-state index is 0.0585. The Kier molecular flexibility index (Phi) is 5.06. The second-order valence-electron chi connectivity index (χ2n) is 6.55. The molecule has 5 nitrogen and oxygen atoms in total. The van der Waals surface area contributed by atoms with E-state index in [1.807, 2.05) is 13.8 Å². The van der Waals surface area contributed by atoms with Gasteiger partial charge in [-0.3, -0.25) is 14.2 Å². The molecule has 1 saturated heterocycles. The molecule has 1 aromatic carbocycles. The zero-order valence-electron chi connectivity index (χ0n) is 14.4. The van der Waals surface area contributed by atoms with Crippen molar-refractivity contribution in [3.8, 4) is 0 Å². The Morgan fingerprint density at radius 3 is 2.56 bits per heavy atom. The maximum atomic E-state index is 13.1. The molecule has 0 unspecified atom stereocenters. The number of carbonyl (C=O) groups excluding carboxylic acids is 1. The van der Waals surface area contributed by atoms with Gasteiger partial charge in [-0.1, -0.05) is 23.5 Å². The van der Waals surface area contributed by atoms with Gasteiger partial charge in [0, 0.05) is 35.6 Å². The maximum absolute atomic E-state index is 13.1. The van der Waals surface area contributed by atoms with Gasteiger partial charge in [0.05, 0.1) is 0 Å². The lowest BCUT2D eigenvalue weighted by molar-refractivity contribution is -0.133. The Balaban J connectivity index is 1.67. The summed E-state index contributed by atoms with van der Waals surface area (Å²) in [6.45, 7) is 4.83. The third-order valence-corrected chi connectivity index (χ3v) is 5.97. The van der Waals surface area contributed by atoms with Crippen molar-refractivity contribution in [2.45, 2.75) is 38.8 Å². The number of thiazole rings is 1. The molecule has 2 N–H and O–H groups in total. The normalized spacial score (nSPS) is 20.7. The van der Waals surface area contributed by atoms with Gasteiger partial charge in [-0.05, 0) is 38.0 Å². The smallest absolute Gasteiger partial charge is 0.308 e. The van der Waals surface area contributed by atoms with Crippen LogP contribution in [-0.2, 0) is 11.3 Å². The van der Waals surface area contributed by atoms with Crippen LogP contribution in [0.15, 0.2) is 29.1 Å². The summed E-state index contributed by atoms with van der Waals surface area (Å²) in [6, 6.07) is 6.19. The van der Waals surface area contributed by atoms with E-state index in [1.165, 1.54) is 28.0 Å². The van der Waals surface area contributed by atoms with Gasteiger partial charge >= 0.3 is 4.87 Å². The van der Waals surface area contributed by atoms with E-state index >= 15 is 0 Å². The molecular weight excluding hydrogens is 341 g/mol. The van der Waals surface area contributed by atoms with E-state index in [4.69, 9.17) is 5.73 Å². The Hall–Kier alpha value is -1.99. The number of piperidine rings is 1. The van der Waals surface area contributed by atoms with Gasteiger partial charge in [0.2, 0.25) is 5.91 Å². The van der Waals surface area contributed by atoms with Crippen molar-refractivity contribution < 1.29 is 9.18 Å². The third-order valence-electron chi connectivity index (χ3n) is 4.98. The van der Waals surface area contributed by atoms with E-state index in [9.17, 15) is 14.0 Å². The fraction of sp³-hybridized carbons (Fsp3) is 0.444. The molecule has 25 heavy (non-hydrogen) atoms. The minimum Gasteiger partial charge on any atom is -0.340 e. The summed E-state index contributed by atoms with van der Waals surface area (Å²) in [6.07, 6.45) is 0.731. The number of carbonyl (C=O) groups is 1. The van der Waals surface area contributed by atoms with Crippen molar-refractivity contribution in [3.05, 3.63) is 55.9 Å². The van der Waals surface area contributed by atoms with E-state index in [1.54, 1.807) is 17.0 Å². The number of amides is 1. The molecule has 0 bridgehead atoms. The Morgan fingerprint density at radius 1 is 1.32 bits per heavy atom. The van der Waals surface area contributed by atoms with E-state index < -0.39 is 0 Å². The largest absolute Gasteiger partial charge is 0.340 e. The molecule has 2 aromatic rings. The molecule has 3 rings (SSSR count). The lowest BCUT2D eigenvalue weighted by Crippen LogP contribution is -2.50. The average Bonchev–Trinajstić information content (AvgIpc) is 2.82. The molecule has 1 aliphatic rings. The molecule has 0 saturated carbocycles. The zero-order chi connectivity index (χ0) is 18.1. The molecule has 0 spiro atoms. The quantitative estimate of drug-likeness (QED) is 0.907. The summed E-state index contributed by atoms with van der Waals surface area (Å²) >= 11 is 1.17. The molecule has 134 valence electrons. The van der Waals surface area contributed by atoms with Gasteiger partial charge in [-0.25, -0.2) is 4.39 Å². The van der Waals surface area contributed by atoms with Crippen LogP contribution in [0.25, 0.3) is 0 Å². The number of likely N-dealkylation sites (tertiary alicyclic amines) is 1. The van der Waals surface area contributed by atoms with Crippen LogP contribution in [0.3, 0.4) is 0 Å². The Labute approximate surface area is 149 Å². The first kappa shape index (κ1) is 17.8. The van der Waals surface area contributed by atoms with Crippen LogP contribution in [0.1, 0.15) is 28.5 Å². The van der Waals surface area contributed by atoms with Gasteiger partial charge in [0.15, 0.2) is 0 Å². The van der Waals surface area contributed by atoms with Crippen molar-refractivity contribution in [3.63, 3.8) is 0 Å². The summed E-state index contributed by atoms with van der Waals surface area (Å²) in [5.74, 6) is -0.245. The fourth-order valence-corrected chi connectivity index (χ4v) is 4.17. The van der Waals surface area contributed by atoms with E-state index in [0.717, 1.165) is 22.6 Å². The van der Waals surface area contributed by atoms with Crippen molar-refractivity contribution in [2.75, 3.05) is 13.1 Å². The summed E-state index contributed by atoms with van der Waals surface area (Å²) in [5.41, 5.74) is 8.12. The topological polar surface area (TPSA) is 68.3 Å². The van der Waals surface area contributed by atoms with Crippen molar-refractivity contribution in [1.29, 1.82) is 0 Å². The lowest BCUT2D eigenvalue weighted by Gasteiger charge is -2.37. The zero-order valence-corrected chi connectivity index (χ0v) is 15.2. The molecule has 2 heterocycles. The maximum Gasteiger partial charge on any atom is 0.308 e. The van der Waals surface area contributed by atoms with Crippen LogP contribution in [0.5, 0.6) is 0 Å². The predicted molar refractivity (Wildman–Crippen MR) is 96.4 cm³/mol. The number of hydrogen-bond donors (Lipinski definition) is 1. The number of nitrogens with zero attached hydrogens (tertiary/aromatic N) is 2. The number of hydrogen-bond acceptors (Lipinski definition) is 4. The van der Waals surface area contributed by atoms with Crippen LogP contribution in [0, 0.1) is 19.7 Å². The Bertz CT molecular complexity index is 828. The highest BCUT2D eigenvalue weighted by atomic mass is 32.1. The highest BCUT2D eigenvalue weighted by Crippen LogP contribution is 2.27. The van der Waals surface area contributed by atoms with Gasteiger partial charge in [-0.15, -0.1) is 0 Å². The first-order valence-corrected chi connectivity index (χ1v) is 9.14. The van der Waals surface area contributed by atoms with Crippen molar-refractivity contribution in [1.82, 2.24) is 9.47 Å². The SMILES string of the molecule is Cc1sc(=O)n(CC(=O)N2CC[C@@H](c3ccc(F)cc3)[C@H](N)C2)c1C. The summed E-state index contributed by atoms with van der Waals surface area (Å²) in [5, 5.41) is 0. The van der Waals surface area contributed by atoms with Crippen LogP contribution < -0.4 is 10.6 Å². The number of rotatable bonds is 3. The first-order chi connectivity index (χ1) is 11.9. The van der Waals surface area contributed by atoms with Gasteiger partial charge < -0.3 is 10.6 Å². The minimum atomic E-state index is -0.267. The van der Waals surface area contributed by atoms with Crippen LogP contribution in [0.2, 0.25) is 0 Å². The number of aromatic nitrogens is 1. The second-order valence-corrected chi connectivity index (χ2v) is 7.71. The summed E-state index contributed by atoms with van der Waals surface area (Å²) < 4.78 is 14.6. The standard InChI is InChI=1S/C18H22FN3O2S/c1-11-12(2)25-18(24)22(11)10-17(23)21-8-7-15(16(20)9-21)13-3-5-14(19)6-4-13/h3-6,15-16H,7-10,20H2,1-2H3/t15-,16+/m0/s1. The van der Waals surface area contributed by atoms with Gasteiger partial charge in [0.25, 0.3) is 0 Å². The Morgan fingerprint density at radius 2 is 2.00 bits per heavy atom. The molecule has 1 amide bonds. The molecule has 0 aliphatic carbocycles. The molecule has 1 fully saturated rings. The first-order valence-electron chi connectivity index (χ1n) is 8.32. The highest BCUT2D eigenvalue weighted by molar-refractivity contribution is 7.09. The van der Waals surface area contributed by atoms with Crippen LogP contribution >= 0.6 is 11.3 Å². The molecular formula is C18H22FN3O2S. The van der Waals surface area contributed by atoms with Crippen molar-refractivity contribution in [2.24, 2.45) is 5.73 Å². The lowest BCUT2D eigenvalue weighted by atomic mass is 9.86. The highest BCUT2D eigenvalue weighted by Gasteiger charge is 2.30. The molecule has 1 aliphatic heterocycles. The van der Waals surface area contributed by atoms with Crippen molar-refractivity contribution >= 4 is 17.2 Å². The van der Waals surface area contributed by atoms with Gasteiger partial charge in [0.1, 0.15) is 12.4 Å². The fourth-order valence-electron chi connectivity index (χ4n) is 3.34. The van der Waals surface area contributed by atoms with E-state index in [0.29, 0.717) is 13.1 Å². The number of nitrogens with two attached hydrogens (primary N) is 1. The van der Waals surface area contributed by atoms with E-state index in [-0.39, 0.29) is 35.1 Å². The molecule has 7 heteroatoms. The third kappa shape index (κ3) is 3.67. The molecule has 1 aromatic heterocycles.